The van der Waals surface area contributed by atoms with Crippen LogP contribution in [0.2, 0.25) is 5.02 Å². The minimum absolute atomic E-state index is 0.171. The van der Waals surface area contributed by atoms with E-state index in [2.05, 4.69) is 52.1 Å². The van der Waals surface area contributed by atoms with E-state index < -0.39 is 0 Å². The van der Waals surface area contributed by atoms with Gasteiger partial charge in [0.2, 0.25) is 0 Å². The van der Waals surface area contributed by atoms with Crippen molar-refractivity contribution in [1.29, 1.82) is 0 Å². The molecule has 1 rings (SSSR count). The summed E-state index contributed by atoms with van der Waals surface area (Å²) in [7, 11) is 0. The first-order valence-electron chi connectivity index (χ1n) is 7.82. The van der Waals surface area contributed by atoms with Gasteiger partial charge in [-0.2, -0.15) is 0 Å². The highest BCUT2D eigenvalue weighted by atomic mass is 35.5. The van der Waals surface area contributed by atoms with Crippen LogP contribution >= 0.6 is 11.6 Å². The zero-order valence-electron chi connectivity index (χ0n) is 13.7. The molecule has 0 radical (unpaired) electrons. The first-order chi connectivity index (χ1) is 9.33. The quantitative estimate of drug-likeness (QED) is 0.717. The second kappa shape index (κ2) is 8.05. The lowest BCUT2D eigenvalue weighted by atomic mass is 9.84. The lowest BCUT2D eigenvalue weighted by Crippen LogP contribution is -2.41. The summed E-state index contributed by atoms with van der Waals surface area (Å²) in [6.45, 7) is 12.4. The van der Waals surface area contributed by atoms with Crippen LogP contribution in [0.1, 0.15) is 53.0 Å². The topological polar surface area (TPSA) is 12.0 Å². The predicted octanol–water partition coefficient (Wildman–Crippen LogP) is 5.32. The Bertz CT molecular complexity index is 395. The van der Waals surface area contributed by atoms with Gasteiger partial charge in [-0.25, -0.2) is 0 Å². The smallest absolute Gasteiger partial charge is 0.0438 e. The first-order valence-corrected chi connectivity index (χ1v) is 8.19. The largest absolute Gasteiger partial charge is 0.312 e. The molecule has 0 aliphatic carbocycles. The van der Waals surface area contributed by atoms with Crippen molar-refractivity contribution in [3.8, 4) is 0 Å². The molecular weight excluding hydrogens is 266 g/mol. The molecule has 0 saturated carbocycles. The molecule has 0 saturated heterocycles. The monoisotopic (exact) mass is 295 g/mol. The summed E-state index contributed by atoms with van der Waals surface area (Å²) in [4.78, 5) is 0. The van der Waals surface area contributed by atoms with E-state index in [-0.39, 0.29) is 5.54 Å². The van der Waals surface area contributed by atoms with Gasteiger partial charge in [0.25, 0.3) is 0 Å². The number of hydrogen-bond acceptors (Lipinski definition) is 1. The maximum atomic E-state index is 6.32. The Kier molecular flexibility index (Phi) is 7.05. The number of hydrogen-bond donors (Lipinski definition) is 1. The van der Waals surface area contributed by atoms with Crippen LogP contribution in [0.5, 0.6) is 0 Å². The molecule has 1 N–H and O–H groups in total. The average Bonchev–Trinajstić information content (AvgIpc) is 2.35. The molecule has 0 aliphatic rings. The molecule has 114 valence electrons. The van der Waals surface area contributed by atoms with E-state index in [0.29, 0.717) is 11.8 Å². The highest BCUT2D eigenvalue weighted by molar-refractivity contribution is 6.31. The van der Waals surface area contributed by atoms with E-state index in [1.54, 1.807) is 0 Å². The first kappa shape index (κ1) is 17.5. The number of rotatable bonds is 7. The standard InChI is InChI=1S/C18H30ClN/c1-6-9-14(2)16(13-20-18(3,4)5)12-15-10-7-8-11-17(15)19/h7-8,10-11,14,16,20H,6,9,12-13H2,1-5H3. The maximum Gasteiger partial charge on any atom is 0.0438 e. The van der Waals surface area contributed by atoms with Crippen molar-refractivity contribution in [2.45, 2.75) is 59.4 Å². The fourth-order valence-electron chi connectivity index (χ4n) is 2.55. The van der Waals surface area contributed by atoms with Crippen molar-refractivity contribution in [2.75, 3.05) is 6.54 Å². The third kappa shape index (κ3) is 6.28. The fraction of sp³-hybridized carbons (Fsp3) is 0.667. The van der Waals surface area contributed by atoms with E-state index in [4.69, 9.17) is 11.6 Å². The molecule has 2 heteroatoms. The molecule has 1 nitrogen and oxygen atoms in total. The molecule has 0 bridgehead atoms. The van der Waals surface area contributed by atoms with Gasteiger partial charge in [0, 0.05) is 10.6 Å². The Hall–Kier alpha value is -0.530. The van der Waals surface area contributed by atoms with Crippen LogP contribution in [0.25, 0.3) is 0 Å². The molecule has 1 aromatic carbocycles. The zero-order chi connectivity index (χ0) is 15.2. The molecule has 20 heavy (non-hydrogen) atoms. The summed E-state index contributed by atoms with van der Waals surface area (Å²) >= 11 is 6.32. The summed E-state index contributed by atoms with van der Waals surface area (Å²) < 4.78 is 0. The van der Waals surface area contributed by atoms with E-state index in [0.717, 1.165) is 18.0 Å². The Morgan fingerprint density at radius 3 is 2.40 bits per heavy atom. The van der Waals surface area contributed by atoms with Gasteiger partial charge in [0.1, 0.15) is 0 Å². The Labute approximate surface area is 130 Å². The fourth-order valence-corrected chi connectivity index (χ4v) is 2.76. The van der Waals surface area contributed by atoms with Crippen molar-refractivity contribution < 1.29 is 0 Å². The highest BCUT2D eigenvalue weighted by Gasteiger charge is 2.20. The average molecular weight is 296 g/mol. The van der Waals surface area contributed by atoms with Crippen molar-refractivity contribution in [2.24, 2.45) is 11.8 Å². The molecule has 0 heterocycles. The molecule has 2 atom stereocenters. The molecular formula is C18H30ClN. The van der Waals surface area contributed by atoms with Crippen LogP contribution in [0.15, 0.2) is 24.3 Å². The molecule has 2 unspecified atom stereocenters. The van der Waals surface area contributed by atoms with Crippen LogP contribution in [0.3, 0.4) is 0 Å². The molecule has 0 aliphatic heterocycles. The van der Waals surface area contributed by atoms with Crippen LogP contribution in [0, 0.1) is 11.8 Å². The molecule has 1 aromatic rings. The van der Waals surface area contributed by atoms with Crippen molar-refractivity contribution in [3.63, 3.8) is 0 Å². The summed E-state index contributed by atoms with van der Waals surface area (Å²) in [6.07, 6.45) is 3.58. The summed E-state index contributed by atoms with van der Waals surface area (Å²) in [6, 6.07) is 8.24. The summed E-state index contributed by atoms with van der Waals surface area (Å²) in [5.74, 6) is 1.35. The van der Waals surface area contributed by atoms with E-state index in [1.165, 1.54) is 18.4 Å². The third-order valence-corrected chi connectivity index (χ3v) is 4.25. The molecule has 0 aromatic heterocycles. The number of halogens is 1. The second-order valence-electron chi connectivity index (χ2n) is 6.95. The SMILES string of the molecule is CCCC(C)C(CNC(C)(C)C)Cc1ccccc1Cl. The Morgan fingerprint density at radius 2 is 1.85 bits per heavy atom. The lowest BCUT2D eigenvalue weighted by Gasteiger charge is -2.29. The molecule has 0 spiro atoms. The van der Waals surface area contributed by atoms with Gasteiger partial charge in [0.05, 0.1) is 0 Å². The van der Waals surface area contributed by atoms with Crippen LogP contribution in [0.4, 0.5) is 0 Å². The second-order valence-corrected chi connectivity index (χ2v) is 7.36. The van der Waals surface area contributed by atoms with E-state index >= 15 is 0 Å². The Balaban J connectivity index is 2.74. The number of nitrogens with one attached hydrogen (secondary N) is 1. The van der Waals surface area contributed by atoms with Gasteiger partial charge < -0.3 is 5.32 Å². The van der Waals surface area contributed by atoms with Crippen LogP contribution < -0.4 is 5.32 Å². The summed E-state index contributed by atoms with van der Waals surface area (Å²) in [5, 5.41) is 4.56. The van der Waals surface area contributed by atoms with Gasteiger partial charge >= 0.3 is 0 Å². The minimum atomic E-state index is 0.171. The van der Waals surface area contributed by atoms with Crippen LogP contribution in [-0.4, -0.2) is 12.1 Å². The van der Waals surface area contributed by atoms with Crippen molar-refractivity contribution in [3.05, 3.63) is 34.9 Å². The zero-order valence-corrected chi connectivity index (χ0v) is 14.4. The van der Waals surface area contributed by atoms with Crippen molar-refractivity contribution >= 4 is 11.6 Å². The van der Waals surface area contributed by atoms with Crippen LogP contribution in [-0.2, 0) is 6.42 Å². The molecule has 0 amide bonds. The minimum Gasteiger partial charge on any atom is -0.312 e. The normalized spacial score (nSPS) is 15.1. The van der Waals surface area contributed by atoms with Crippen molar-refractivity contribution in [1.82, 2.24) is 5.32 Å². The highest BCUT2D eigenvalue weighted by Crippen LogP contribution is 2.25. The lowest BCUT2D eigenvalue weighted by molar-refractivity contribution is 0.285. The number of benzene rings is 1. The Morgan fingerprint density at radius 1 is 1.20 bits per heavy atom. The van der Waals surface area contributed by atoms with E-state index in [9.17, 15) is 0 Å². The van der Waals surface area contributed by atoms with E-state index in [1.807, 2.05) is 12.1 Å². The summed E-state index contributed by atoms with van der Waals surface area (Å²) in [5.41, 5.74) is 1.45. The van der Waals surface area contributed by atoms with Gasteiger partial charge in [-0.05, 0) is 57.2 Å². The third-order valence-electron chi connectivity index (χ3n) is 3.88. The van der Waals surface area contributed by atoms with Gasteiger partial charge in [-0.3, -0.25) is 0 Å². The predicted molar refractivity (Wildman–Crippen MR) is 90.5 cm³/mol. The maximum absolute atomic E-state index is 6.32. The molecule has 0 fully saturated rings. The van der Waals surface area contributed by atoms with Gasteiger partial charge in [-0.15, -0.1) is 0 Å². The van der Waals surface area contributed by atoms with Gasteiger partial charge in [0.15, 0.2) is 0 Å². The van der Waals surface area contributed by atoms with Gasteiger partial charge in [-0.1, -0.05) is 56.5 Å².